The van der Waals surface area contributed by atoms with Gasteiger partial charge in [-0.1, -0.05) is 6.07 Å². The predicted molar refractivity (Wildman–Crippen MR) is 89.7 cm³/mol. The minimum Gasteiger partial charge on any atom is -0.495 e. The minimum atomic E-state index is 0.630. The van der Waals surface area contributed by atoms with E-state index in [1.165, 1.54) is 0 Å². The van der Waals surface area contributed by atoms with Crippen LogP contribution in [0.15, 0.2) is 52.1 Å². The van der Waals surface area contributed by atoms with E-state index in [-0.39, 0.29) is 0 Å². The lowest BCUT2D eigenvalue weighted by Crippen LogP contribution is -1.86. The summed E-state index contributed by atoms with van der Waals surface area (Å²) in [6.07, 6.45) is 5.50. The molecule has 0 atom stereocenters. The molecule has 0 fully saturated rings. The molecule has 1 aromatic carbocycles. The first-order chi connectivity index (χ1) is 11.2. The molecule has 1 aliphatic rings. The monoisotopic (exact) mass is 305 g/mol. The molecule has 0 bridgehead atoms. The fraction of sp³-hybridized carbons (Fsp3) is 0.167. The molecule has 0 amide bonds. The van der Waals surface area contributed by atoms with Crippen LogP contribution in [0.25, 0.3) is 27.8 Å². The van der Waals surface area contributed by atoms with E-state index < -0.39 is 0 Å². The second-order valence-corrected chi connectivity index (χ2v) is 5.44. The number of ether oxygens (including phenoxy) is 1. The molecule has 4 rings (SSSR count). The smallest absolute Gasteiger partial charge is 0.225 e. The number of rotatable bonds is 3. The van der Waals surface area contributed by atoms with E-state index in [2.05, 4.69) is 15.0 Å². The molecule has 2 aromatic heterocycles. The average molecular weight is 305 g/mol. The lowest BCUT2D eigenvalue weighted by molar-refractivity contribution is 0.413. The molecule has 0 aliphatic carbocycles. The lowest BCUT2D eigenvalue weighted by Gasteiger charge is -2.03. The summed E-state index contributed by atoms with van der Waals surface area (Å²) in [5.41, 5.74) is 5.60. The van der Waals surface area contributed by atoms with Crippen molar-refractivity contribution >= 4 is 22.4 Å². The fourth-order valence-electron chi connectivity index (χ4n) is 2.61. The van der Waals surface area contributed by atoms with Gasteiger partial charge < -0.3 is 9.15 Å². The van der Waals surface area contributed by atoms with Crippen LogP contribution in [-0.4, -0.2) is 29.3 Å². The van der Waals surface area contributed by atoms with Crippen LogP contribution < -0.4 is 4.74 Å². The number of pyridine rings is 1. The Kier molecular flexibility index (Phi) is 3.19. The number of aromatic nitrogens is 2. The van der Waals surface area contributed by atoms with E-state index in [1.54, 1.807) is 19.5 Å². The number of allylic oxidation sites excluding steroid dienone is 1. The number of hydrogen-bond acceptors (Lipinski definition) is 5. The van der Waals surface area contributed by atoms with Crippen molar-refractivity contribution in [1.82, 2.24) is 9.97 Å². The van der Waals surface area contributed by atoms with Gasteiger partial charge >= 0.3 is 0 Å². The van der Waals surface area contributed by atoms with Crippen LogP contribution in [0.2, 0.25) is 0 Å². The highest BCUT2D eigenvalue weighted by Gasteiger charge is 2.15. The Morgan fingerprint density at radius 3 is 2.83 bits per heavy atom. The Labute approximate surface area is 133 Å². The molecule has 1 aliphatic heterocycles. The number of benzene rings is 1. The van der Waals surface area contributed by atoms with Gasteiger partial charge in [0.2, 0.25) is 5.89 Å². The SMILES string of the molecule is COc1cncc(-c2ccc3nc(C4=CC(C)=NC4)oc3c2)c1. The standard InChI is InChI=1S/C18H15N3O2/c1-11-5-14(9-20-11)18-21-16-4-3-12(7-17(16)23-18)13-6-15(22-2)10-19-8-13/h3-8,10H,9H2,1-2H3. The van der Waals surface area contributed by atoms with Crippen molar-refractivity contribution in [2.45, 2.75) is 6.92 Å². The average Bonchev–Trinajstić information content (AvgIpc) is 3.20. The molecular weight excluding hydrogens is 290 g/mol. The first kappa shape index (κ1) is 13.7. The molecule has 5 nitrogen and oxygen atoms in total. The molecule has 3 aromatic rings. The molecule has 5 heteroatoms. The first-order valence-electron chi connectivity index (χ1n) is 7.35. The topological polar surface area (TPSA) is 60.5 Å². The summed E-state index contributed by atoms with van der Waals surface area (Å²) in [6, 6.07) is 7.89. The van der Waals surface area contributed by atoms with Gasteiger partial charge in [0.05, 0.1) is 19.9 Å². The first-order valence-corrected chi connectivity index (χ1v) is 7.35. The van der Waals surface area contributed by atoms with Crippen molar-refractivity contribution in [3.05, 3.63) is 48.6 Å². The van der Waals surface area contributed by atoms with Crippen molar-refractivity contribution < 1.29 is 9.15 Å². The van der Waals surface area contributed by atoms with Gasteiger partial charge in [0, 0.05) is 23.0 Å². The van der Waals surface area contributed by atoms with Crippen LogP contribution in [-0.2, 0) is 0 Å². The summed E-state index contributed by atoms with van der Waals surface area (Å²) in [5, 5.41) is 0. The number of aliphatic imine (C=N–C) groups is 1. The van der Waals surface area contributed by atoms with E-state index in [1.807, 2.05) is 37.3 Å². The third-order valence-electron chi connectivity index (χ3n) is 3.83. The van der Waals surface area contributed by atoms with Crippen LogP contribution >= 0.6 is 0 Å². The van der Waals surface area contributed by atoms with Crippen LogP contribution in [0, 0.1) is 0 Å². The molecule has 23 heavy (non-hydrogen) atoms. The summed E-state index contributed by atoms with van der Waals surface area (Å²) in [4.78, 5) is 13.1. The van der Waals surface area contributed by atoms with Gasteiger partial charge in [0.25, 0.3) is 0 Å². The summed E-state index contributed by atoms with van der Waals surface area (Å²) in [6.45, 7) is 2.61. The molecule has 0 saturated carbocycles. The Hall–Kier alpha value is -2.95. The number of methoxy groups -OCH3 is 1. The highest BCUT2D eigenvalue weighted by atomic mass is 16.5. The number of hydrogen-bond donors (Lipinski definition) is 0. The van der Waals surface area contributed by atoms with Gasteiger partial charge in [0.1, 0.15) is 11.3 Å². The Balaban J connectivity index is 1.74. The second kappa shape index (κ2) is 5.35. The van der Waals surface area contributed by atoms with E-state index >= 15 is 0 Å². The summed E-state index contributed by atoms with van der Waals surface area (Å²) < 4.78 is 11.1. The normalized spacial score (nSPS) is 14.0. The van der Waals surface area contributed by atoms with Crippen molar-refractivity contribution in [3.63, 3.8) is 0 Å². The quantitative estimate of drug-likeness (QED) is 0.739. The summed E-state index contributed by atoms with van der Waals surface area (Å²) >= 11 is 0. The number of oxazole rings is 1. The van der Waals surface area contributed by atoms with E-state index in [4.69, 9.17) is 9.15 Å². The molecule has 0 unspecified atom stereocenters. The van der Waals surface area contributed by atoms with Gasteiger partial charge in [0.15, 0.2) is 5.58 Å². The molecule has 0 spiro atoms. The fourth-order valence-corrected chi connectivity index (χ4v) is 2.61. The zero-order valence-corrected chi connectivity index (χ0v) is 12.9. The summed E-state index contributed by atoms with van der Waals surface area (Å²) in [7, 11) is 1.63. The minimum absolute atomic E-state index is 0.630. The largest absolute Gasteiger partial charge is 0.495 e. The zero-order valence-electron chi connectivity index (χ0n) is 12.9. The van der Waals surface area contributed by atoms with Crippen LogP contribution in [0.3, 0.4) is 0 Å². The Morgan fingerprint density at radius 1 is 1.13 bits per heavy atom. The lowest BCUT2D eigenvalue weighted by atomic mass is 10.1. The molecule has 0 radical (unpaired) electrons. The van der Waals surface area contributed by atoms with E-state index in [0.717, 1.165) is 39.3 Å². The number of fused-ring (bicyclic) bond motifs is 1. The van der Waals surface area contributed by atoms with Crippen LogP contribution in [0.1, 0.15) is 12.8 Å². The van der Waals surface area contributed by atoms with Crippen molar-refractivity contribution in [2.24, 2.45) is 4.99 Å². The van der Waals surface area contributed by atoms with Crippen molar-refractivity contribution in [3.8, 4) is 16.9 Å². The van der Waals surface area contributed by atoms with Crippen molar-refractivity contribution in [1.29, 1.82) is 0 Å². The maximum atomic E-state index is 5.91. The third kappa shape index (κ3) is 2.50. The van der Waals surface area contributed by atoms with Crippen molar-refractivity contribution in [2.75, 3.05) is 13.7 Å². The maximum Gasteiger partial charge on any atom is 0.225 e. The highest BCUT2D eigenvalue weighted by molar-refractivity contribution is 6.02. The molecule has 0 N–H and O–H groups in total. The van der Waals surface area contributed by atoms with E-state index in [0.29, 0.717) is 12.4 Å². The van der Waals surface area contributed by atoms with Gasteiger partial charge in [-0.2, -0.15) is 0 Å². The van der Waals surface area contributed by atoms with E-state index in [9.17, 15) is 0 Å². The maximum absolute atomic E-state index is 5.91. The van der Waals surface area contributed by atoms with Gasteiger partial charge in [-0.25, -0.2) is 4.98 Å². The number of nitrogens with zero attached hydrogens (tertiary/aromatic N) is 3. The molecule has 114 valence electrons. The predicted octanol–water partition coefficient (Wildman–Crippen LogP) is 3.76. The Bertz CT molecular complexity index is 954. The highest BCUT2D eigenvalue weighted by Crippen LogP contribution is 2.29. The summed E-state index contributed by atoms with van der Waals surface area (Å²) in [5.74, 6) is 1.37. The van der Waals surface area contributed by atoms with Crippen LogP contribution in [0.4, 0.5) is 0 Å². The van der Waals surface area contributed by atoms with Gasteiger partial charge in [-0.3, -0.25) is 9.98 Å². The van der Waals surface area contributed by atoms with Gasteiger partial charge in [-0.15, -0.1) is 0 Å². The van der Waals surface area contributed by atoms with Gasteiger partial charge in [-0.05, 0) is 36.8 Å². The Morgan fingerprint density at radius 2 is 2.04 bits per heavy atom. The molecule has 3 heterocycles. The second-order valence-electron chi connectivity index (χ2n) is 5.44. The third-order valence-corrected chi connectivity index (χ3v) is 3.83. The van der Waals surface area contributed by atoms with Crippen LogP contribution in [0.5, 0.6) is 5.75 Å². The molecular formula is C18H15N3O2. The molecule has 0 saturated heterocycles. The zero-order chi connectivity index (χ0) is 15.8.